The Morgan fingerprint density at radius 2 is 2.17 bits per heavy atom. The molecule has 1 N–H and O–H groups in total. The number of thiazole rings is 1. The van der Waals surface area contributed by atoms with E-state index < -0.39 is 0 Å². The SMILES string of the molecule is O=C(CC1CCCCC1)Nc1cccc(-c2cn3ccsc3n2)c1. The van der Waals surface area contributed by atoms with Gasteiger partial charge in [-0.15, -0.1) is 11.3 Å². The van der Waals surface area contributed by atoms with E-state index in [1.165, 1.54) is 32.1 Å². The van der Waals surface area contributed by atoms with E-state index in [0.717, 1.165) is 21.9 Å². The van der Waals surface area contributed by atoms with Crippen LogP contribution in [0, 0.1) is 5.92 Å². The Labute approximate surface area is 145 Å². The lowest BCUT2D eigenvalue weighted by Gasteiger charge is -2.20. The summed E-state index contributed by atoms with van der Waals surface area (Å²) in [5.74, 6) is 0.687. The Hall–Kier alpha value is -2.14. The number of hydrogen-bond donors (Lipinski definition) is 1. The van der Waals surface area contributed by atoms with Crippen LogP contribution in [0.1, 0.15) is 38.5 Å². The number of anilines is 1. The standard InChI is InChI=1S/C19H21N3OS/c23-18(11-14-5-2-1-3-6-14)20-16-8-4-7-15(12-16)17-13-22-9-10-24-19(22)21-17/h4,7-10,12-14H,1-3,5-6,11H2,(H,20,23). The molecular formula is C19H21N3OS. The molecule has 1 amide bonds. The van der Waals surface area contributed by atoms with Crippen molar-refractivity contribution in [3.8, 4) is 11.3 Å². The molecule has 4 rings (SSSR count). The summed E-state index contributed by atoms with van der Waals surface area (Å²) in [5.41, 5.74) is 2.82. The highest BCUT2D eigenvalue weighted by atomic mass is 32.1. The first-order valence-corrected chi connectivity index (χ1v) is 9.48. The molecular weight excluding hydrogens is 318 g/mol. The van der Waals surface area contributed by atoms with Crippen LogP contribution in [0.15, 0.2) is 42.0 Å². The van der Waals surface area contributed by atoms with E-state index in [1.54, 1.807) is 11.3 Å². The molecule has 0 atom stereocenters. The van der Waals surface area contributed by atoms with Gasteiger partial charge in [0.2, 0.25) is 5.91 Å². The third kappa shape index (κ3) is 3.36. The van der Waals surface area contributed by atoms with E-state index in [9.17, 15) is 4.79 Å². The zero-order valence-corrected chi connectivity index (χ0v) is 14.4. The number of nitrogens with one attached hydrogen (secondary N) is 1. The van der Waals surface area contributed by atoms with Gasteiger partial charge in [0.15, 0.2) is 4.96 Å². The zero-order chi connectivity index (χ0) is 16.4. The van der Waals surface area contributed by atoms with Crippen LogP contribution in [-0.4, -0.2) is 15.3 Å². The summed E-state index contributed by atoms with van der Waals surface area (Å²) in [6.07, 6.45) is 10.9. The fourth-order valence-corrected chi connectivity index (χ4v) is 4.19. The summed E-state index contributed by atoms with van der Waals surface area (Å²) in [7, 11) is 0. The van der Waals surface area contributed by atoms with Crippen LogP contribution < -0.4 is 5.32 Å². The molecule has 124 valence electrons. The highest BCUT2D eigenvalue weighted by Crippen LogP contribution is 2.27. The van der Waals surface area contributed by atoms with Crippen LogP contribution in [-0.2, 0) is 4.79 Å². The molecule has 0 radical (unpaired) electrons. The largest absolute Gasteiger partial charge is 0.326 e. The topological polar surface area (TPSA) is 46.4 Å². The highest BCUT2D eigenvalue weighted by Gasteiger charge is 2.17. The van der Waals surface area contributed by atoms with Crippen molar-refractivity contribution in [3.05, 3.63) is 42.0 Å². The third-order valence-corrected chi connectivity index (χ3v) is 5.50. The smallest absolute Gasteiger partial charge is 0.224 e. The number of fused-ring (bicyclic) bond motifs is 1. The Balaban J connectivity index is 1.46. The summed E-state index contributed by atoms with van der Waals surface area (Å²) in [4.78, 5) is 17.9. The van der Waals surface area contributed by atoms with Crippen molar-refractivity contribution in [2.75, 3.05) is 5.32 Å². The Bertz CT molecular complexity index is 817. The lowest BCUT2D eigenvalue weighted by Crippen LogP contribution is -2.18. The van der Waals surface area contributed by atoms with Gasteiger partial charge < -0.3 is 5.32 Å². The summed E-state index contributed by atoms with van der Waals surface area (Å²) in [6.45, 7) is 0. The highest BCUT2D eigenvalue weighted by molar-refractivity contribution is 7.15. The van der Waals surface area contributed by atoms with Gasteiger partial charge in [0.1, 0.15) is 0 Å². The third-order valence-electron chi connectivity index (χ3n) is 4.73. The molecule has 1 aliphatic carbocycles. The molecule has 1 aromatic carbocycles. The second-order valence-electron chi connectivity index (χ2n) is 6.56. The number of amides is 1. The summed E-state index contributed by atoms with van der Waals surface area (Å²) in [6, 6.07) is 7.95. The molecule has 0 aliphatic heterocycles. The molecule has 0 spiro atoms. The van der Waals surface area contributed by atoms with Crippen LogP contribution in [0.4, 0.5) is 5.69 Å². The van der Waals surface area contributed by atoms with Crippen molar-refractivity contribution in [2.45, 2.75) is 38.5 Å². The lowest BCUT2D eigenvalue weighted by atomic mass is 9.87. The predicted octanol–water partition coefficient (Wildman–Crippen LogP) is 4.97. The molecule has 0 unspecified atom stereocenters. The first-order valence-electron chi connectivity index (χ1n) is 8.60. The molecule has 0 bridgehead atoms. The van der Waals surface area contributed by atoms with Crippen molar-refractivity contribution >= 4 is 27.9 Å². The van der Waals surface area contributed by atoms with Gasteiger partial charge in [-0.2, -0.15) is 0 Å². The molecule has 4 nitrogen and oxygen atoms in total. The van der Waals surface area contributed by atoms with Crippen molar-refractivity contribution in [3.63, 3.8) is 0 Å². The fourth-order valence-electron chi connectivity index (χ4n) is 3.49. The molecule has 2 heterocycles. The van der Waals surface area contributed by atoms with Gasteiger partial charge in [-0.1, -0.05) is 31.4 Å². The Kier molecular flexibility index (Phi) is 4.34. The summed E-state index contributed by atoms with van der Waals surface area (Å²) >= 11 is 1.62. The van der Waals surface area contributed by atoms with E-state index >= 15 is 0 Å². The zero-order valence-electron chi connectivity index (χ0n) is 13.6. The van der Waals surface area contributed by atoms with E-state index in [1.807, 2.05) is 46.4 Å². The van der Waals surface area contributed by atoms with Crippen molar-refractivity contribution < 1.29 is 4.79 Å². The number of benzene rings is 1. The van der Waals surface area contributed by atoms with Gasteiger partial charge in [-0.25, -0.2) is 4.98 Å². The van der Waals surface area contributed by atoms with Crippen LogP contribution in [0.2, 0.25) is 0 Å². The second kappa shape index (κ2) is 6.77. The maximum atomic E-state index is 12.3. The van der Waals surface area contributed by atoms with Gasteiger partial charge in [-0.05, 0) is 30.9 Å². The number of hydrogen-bond acceptors (Lipinski definition) is 3. The molecule has 2 aromatic heterocycles. The van der Waals surface area contributed by atoms with E-state index in [4.69, 9.17) is 0 Å². The minimum absolute atomic E-state index is 0.130. The predicted molar refractivity (Wildman–Crippen MR) is 98.3 cm³/mol. The van der Waals surface area contributed by atoms with E-state index in [-0.39, 0.29) is 5.91 Å². The lowest BCUT2D eigenvalue weighted by molar-refractivity contribution is -0.117. The average Bonchev–Trinajstić information content (AvgIpc) is 3.17. The summed E-state index contributed by atoms with van der Waals surface area (Å²) in [5, 5.41) is 5.08. The van der Waals surface area contributed by atoms with Crippen LogP contribution in [0.25, 0.3) is 16.2 Å². The molecule has 24 heavy (non-hydrogen) atoms. The Morgan fingerprint density at radius 3 is 3.00 bits per heavy atom. The van der Waals surface area contributed by atoms with E-state index in [2.05, 4.69) is 10.3 Å². The second-order valence-corrected chi connectivity index (χ2v) is 7.43. The molecule has 0 saturated heterocycles. The van der Waals surface area contributed by atoms with Crippen LogP contribution in [0.5, 0.6) is 0 Å². The average molecular weight is 339 g/mol. The number of nitrogens with zero attached hydrogens (tertiary/aromatic N) is 2. The minimum Gasteiger partial charge on any atom is -0.326 e. The molecule has 1 aliphatic rings. The van der Waals surface area contributed by atoms with Crippen molar-refractivity contribution in [1.29, 1.82) is 0 Å². The van der Waals surface area contributed by atoms with Gasteiger partial charge in [0.25, 0.3) is 0 Å². The van der Waals surface area contributed by atoms with Crippen LogP contribution >= 0.6 is 11.3 Å². The number of imidazole rings is 1. The molecule has 5 heteroatoms. The molecule has 1 saturated carbocycles. The number of aromatic nitrogens is 2. The molecule has 3 aromatic rings. The van der Waals surface area contributed by atoms with Crippen molar-refractivity contribution in [2.24, 2.45) is 5.92 Å². The first kappa shape index (κ1) is 15.4. The summed E-state index contributed by atoms with van der Waals surface area (Å²) < 4.78 is 2.02. The van der Waals surface area contributed by atoms with Gasteiger partial charge in [0, 0.05) is 35.4 Å². The minimum atomic E-state index is 0.130. The first-order chi connectivity index (χ1) is 11.8. The Morgan fingerprint density at radius 1 is 1.29 bits per heavy atom. The van der Waals surface area contributed by atoms with Gasteiger partial charge in [0.05, 0.1) is 5.69 Å². The van der Waals surface area contributed by atoms with Crippen molar-refractivity contribution in [1.82, 2.24) is 9.38 Å². The normalized spacial score (nSPS) is 15.7. The number of carbonyl (C=O) groups excluding carboxylic acids is 1. The maximum absolute atomic E-state index is 12.3. The van der Waals surface area contributed by atoms with Crippen LogP contribution in [0.3, 0.4) is 0 Å². The van der Waals surface area contributed by atoms with E-state index in [0.29, 0.717) is 12.3 Å². The number of carbonyl (C=O) groups is 1. The monoisotopic (exact) mass is 339 g/mol. The van der Waals surface area contributed by atoms with Gasteiger partial charge in [-0.3, -0.25) is 9.20 Å². The molecule has 1 fully saturated rings. The number of rotatable bonds is 4. The quantitative estimate of drug-likeness (QED) is 0.729. The van der Waals surface area contributed by atoms with Gasteiger partial charge >= 0.3 is 0 Å². The maximum Gasteiger partial charge on any atom is 0.224 e. The fraction of sp³-hybridized carbons (Fsp3) is 0.368.